The highest BCUT2D eigenvalue weighted by Crippen LogP contribution is 2.24. The van der Waals surface area contributed by atoms with Crippen molar-refractivity contribution in [3.63, 3.8) is 0 Å². The Labute approximate surface area is 147 Å². The molecule has 0 radical (unpaired) electrons. The second-order valence-electron chi connectivity index (χ2n) is 7.02. The first-order valence-electron chi connectivity index (χ1n) is 8.83. The molecule has 0 spiro atoms. The number of carbonyl (C=O) groups is 3. The standard InChI is InChI=1S/C19H24N2O4/c1-12(2)20-17(22)13-7-9-21(10-8-13)18(23)16-11-14-5-3-4-6-15(14)19(24)25-16/h3-6,12-13,16H,7-11H2,1-2H3,(H,20,22). The third-order valence-electron chi connectivity index (χ3n) is 4.78. The van der Waals surface area contributed by atoms with Crippen LogP contribution < -0.4 is 5.32 Å². The third kappa shape index (κ3) is 3.83. The zero-order valence-electron chi connectivity index (χ0n) is 14.7. The average molecular weight is 344 g/mol. The van der Waals surface area contributed by atoms with Crippen molar-refractivity contribution in [2.75, 3.05) is 13.1 Å². The molecule has 1 saturated heterocycles. The molecule has 6 heteroatoms. The number of cyclic esters (lactones) is 1. The van der Waals surface area contributed by atoms with E-state index in [1.54, 1.807) is 17.0 Å². The number of nitrogens with zero attached hydrogens (tertiary/aromatic N) is 1. The van der Waals surface area contributed by atoms with Gasteiger partial charge in [-0.1, -0.05) is 18.2 Å². The molecule has 0 saturated carbocycles. The molecule has 2 heterocycles. The molecule has 0 aromatic heterocycles. The summed E-state index contributed by atoms with van der Waals surface area (Å²) in [6.07, 6.45) is 0.931. The zero-order chi connectivity index (χ0) is 18.0. The van der Waals surface area contributed by atoms with E-state index in [-0.39, 0.29) is 23.8 Å². The van der Waals surface area contributed by atoms with Crippen LogP contribution in [0.4, 0.5) is 0 Å². The first-order chi connectivity index (χ1) is 12.0. The van der Waals surface area contributed by atoms with Gasteiger partial charge >= 0.3 is 5.97 Å². The van der Waals surface area contributed by atoms with Crippen LogP contribution in [0.1, 0.15) is 42.6 Å². The molecule has 1 N–H and O–H groups in total. The zero-order valence-corrected chi connectivity index (χ0v) is 14.7. The van der Waals surface area contributed by atoms with E-state index in [1.807, 2.05) is 26.0 Å². The number of esters is 1. The van der Waals surface area contributed by atoms with E-state index in [9.17, 15) is 14.4 Å². The number of likely N-dealkylation sites (tertiary alicyclic amines) is 1. The first-order valence-corrected chi connectivity index (χ1v) is 8.83. The maximum Gasteiger partial charge on any atom is 0.339 e. The fraction of sp³-hybridized carbons (Fsp3) is 0.526. The van der Waals surface area contributed by atoms with Gasteiger partial charge in [-0.05, 0) is 38.3 Å². The predicted octanol–water partition coefficient (Wildman–Crippen LogP) is 1.53. The Morgan fingerprint density at radius 1 is 1.20 bits per heavy atom. The summed E-state index contributed by atoms with van der Waals surface area (Å²) < 4.78 is 5.35. The lowest BCUT2D eigenvalue weighted by Crippen LogP contribution is -2.49. The molecule has 0 aliphatic carbocycles. The van der Waals surface area contributed by atoms with Crippen LogP contribution in [0.5, 0.6) is 0 Å². The van der Waals surface area contributed by atoms with E-state index in [1.165, 1.54) is 0 Å². The second-order valence-corrected chi connectivity index (χ2v) is 7.02. The Morgan fingerprint density at radius 3 is 2.56 bits per heavy atom. The van der Waals surface area contributed by atoms with E-state index < -0.39 is 12.1 Å². The van der Waals surface area contributed by atoms with Crippen LogP contribution in [0, 0.1) is 5.92 Å². The monoisotopic (exact) mass is 344 g/mol. The van der Waals surface area contributed by atoms with Crippen molar-refractivity contribution >= 4 is 17.8 Å². The van der Waals surface area contributed by atoms with Gasteiger partial charge in [0.15, 0.2) is 6.10 Å². The van der Waals surface area contributed by atoms with Gasteiger partial charge in [-0.2, -0.15) is 0 Å². The Hall–Kier alpha value is -2.37. The number of hydrogen-bond acceptors (Lipinski definition) is 4. The molecule has 1 atom stereocenters. The van der Waals surface area contributed by atoms with E-state index in [4.69, 9.17) is 4.74 Å². The van der Waals surface area contributed by atoms with Crippen molar-refractivity contribution in [2.45, 2.75) is 45.3 Å². The fourth-order valence-electron chi connectivity index (χ4n) is 3.44. The normalized spacial score (nSPS) is 20.8. The average Bonchev–Trinajstić information content (AvgIpc) is 2.60. The van der Waals surface area contributed by atoms with Crippen LogP contribution in [0.3, 0.4) is 0 Å². The van der Waals surface area contributed by atoms with Gasteiger partial charge < -0.3 is 15.0 Å². The molecule has 2 aliphatic rings. The van der Waals surface area contributed by atoms with Gasteiger partial charge in [0.1, 0.15) is 0 Å². The van der Waals surface area contributed by atoms with Crippen molar-refractivity contribution in [3.05, 3.63) is 35.4 Å². The van der Waals surface area contributed by atoms with Crippen LogP contribution in [0.25, 0.3) is 0 Å². The summed E-state index contributed by atoms with van der Waals surface area (Å²) in [5.41, 5.74) is 1.39. The highest BCUT2D eigenvalue weighted by Gasteiger charge is 2.36. The molecular weight excluding hydrogens is 320 g/mol. The second kappa shape index (κ2) is 7.25. The lowest BCUT2D eigenvalue weighted by molar-refractivity contribution is -0.144. The van der Waals surface area contributed by atoms with Crippen LogP contribution in [0.2, 0.25) is 0 Å². The summed E-state index contributed by atoms with van der Waals surface area (Å²) in [6, 6.07) is 7.34. The predicted molar refractivity (Wildman–Crippen MR) is 91.9 cm³/mol. The number of hydrogen-bond donors (Lipinski definition) is 1. The van der Waals surface area contributed by atoms with Crippen molar-refractivity contribution < 1.29 is 19.1 Å². The molecule has 6 nitrogen and oxygen atoms in total. The summed E-state index contributed by atoms with van der Waals surface area (Å²) in [6.45, 7) is 4.91. The van der Waals surface area contributed by atoms with Crippen molar-refractivity contribution in [1.82, 2.24) is 10.2 Å². The number of amides is 2. The van der Waals surface area contributed by atoms with Gasteiger partial charge in [0, 0.05) is 31.5 Å². The molecule has 2 aliphatic heterocycles. The molecule has 3 rings (SSSR count). The minimum absolute atomic E-state index is 0.0546. The Balaban J connectivity index is 1.59. The highest BCUT2D eigenvalue weighted by molar-refractivity contribution is 5.95. The largest absolute Gasteiger partial charge is 0.448 e. The van der Waals surface area contributed by atoms with Crippen LogP contribution in [-0.2, 0) is 20.7 Å². The van der Waals surface area contributed by atoms with Crippen LogP contribution in [0.15, 0.2) is 24.3 Å². The number of benzene rings is 1. The van der Waals surface area contributed by atoms with E-state index in [0.717, 1.165) is 5.56 Å². The molecule has 2 amide bonds. The Morgan fingerprint density at radius 2 is 1.88 bits per heavy atom. The summed E-state index contributed by atoms with van der Waals surface area (Å²) >= 11 is 0. The van der Waals surface area contributed by atoms with Gasteiger partial charge in [-0.25, -0.2) is 4.79 Å². The fourth-order valence-corrected chi connectivity index (χ4v) is 3.44. The van der Waals surface area contributed by atoms with Gasteiger partial charge in [-0.3, -0.25) is 9.59 Å². The Kier molecular flexibility index (Phi) is 5.06. The van der Waals surface area contributed by atoms with Crippen molar-refractivity contribution in [2.24, 2.45) is 5.92 Å². The summed E-state index contributed by atoms with van der Waals surface area (Å²) in [4.78, 5) is 38.6. The van der Waals surface area contributed by atoms with E-state index in [0.29, 0.717) is 37.9 Å². The molecular formula is C19H24N2O4. The summed E-state index contributed by atoms with van der Waals surface area (Å²) in [5, 5.41) is 2.92. The molecule has 1 aromatic rings. The number of nitrogens with one attached hydrogen (secondary N) is 1. The maximum atomic E-state index is 12.7. The van der Waals surface area contributed by atoms with Crippen LogP contribution >= 0.6 is 0 Å². The number of fused-ring (bicyclic) bond motifs is 1. The minimum atomic E-state index is -0.761. The van der Waals surface area contributed by atoms with Gasteiger partial charge in [0.05, 0.1) is 5.56 Å². The van der Waals surface area contributed by atoms with Crippen molar-refractivity contribution in [3.8, 4) is 0 Å². The minimum Gasteiger partial charge on any atom is -0.448 e. The summed E-state index contributed by atoms with van der Waals surface area (Å²) in [5.74, 6) is -0.599. The lowest BCUT2D eigenvalue weighted by atomic mass is 9.94. The van der Waals surface area contributed by atoms with E-state index >= 15 is 0 Å². The number of rotatable bonds is 3. The molecule has 1 aromatic carbocycles. The third-order valence-corrected chi connectivity index (χ3v) is 4.78. The lowest BCUT2D eigenvalue weighted by Gasteiger charge is -2.34. The molecule has 0 bridgehead atoms. The Bertz CT molecular complexity index is 678. The van der Waals surface area contributed by atoms with Crippen molar-refractivity contribution in [1.29, 1.82) is 0 Å². The quantitative estimate of drug-likeness (QED) is 0.844. The number of piperidine rings is 1. The summed E-state index contributed by atoms with van der Waals surface area (Å²) in [7, 11) is 0. The van der Waals surface area contributed by atoms with E-state index in [2.05, 4.69) is 5.32 Å². The van der Waals surface area contributed by atoms with Gasteiger partial charge in [-0.15, -0.1) is 0 Å². The van der Waals surface area contributed by atoms with Gasteiger partial charge in [0.25, 0.3) is 5.91 Å². The maximum absolute atomic E-state index is 12.7. The number of carbonyl (C=O) groups excluding carboxylic acids is 3. The SMILES string of the molecule is CC(C)NC(=O)C1CCN(C(=O)C2Cc3ccccc3C(=O)O2)CC1. The molecule has 1 fully saturated rings. The highest BCUT2D eigenvalue weighted by atomic mass is 16.5. The molecule has 1 unspecified atom stereocenters. The number of ether oxygens (including phenoxy) is 1. The van der Waals surface area contributed by atoms with Crippen LogP contribution in [-0.4, -0.2) is 47.9 Å². The topological polar surface area (TPSA) is 75.7 Å². The van der Waals surface area contributed by atoms with Gasteiger partial charge in [0.2, 0.25) is 5.91 Å². The first kappa shape index (κ1) is 17.5. The molecule has 25 heavy (non-hydrogen) atoms. The smallest absolute Gasteiger partial charge is 0.339 e. The molecule has 134 valence electrons.